The number of piperidine rings is 1. The molecule has 1 aliphatic rings. The predicted octanol–water partition coefficient (Wildman–Crippen LogP) is 2.07. The van der Waals surface area contributed by atoms with Crippen LogP contribution in [0, 0.1) is 5.92 Å². The Morgan fingerprint density at radius 3 is 2.20 bits per heavy atom. The second-order valence-electron chi connectivity index (χ2n) is 5.58. The monoisotopic (exact) mass is 283 g/mol. The van der Waals surface area contributed by atoms with Crippen molar-refractivity contribution in [2.45, 2.75) is 52.5 Å². The van der Waals surface area contributed by atoms with Gasteiger partial charge < -0.3 is 15.1 Å². The van der Waals surface area contributed by atoms with E-state index in [4.69, 9.17) is 0 Å². The fraction of sp³-hybridized carbons (Fsp3) is 0.867. The SMILES string of the molecule is CCC(CC)C(=O)N1CCC(NC(=O)N(C)CC)CC1. The van der Waals surface area contributed by atoms with Crippen molar-refractivity contribution in [3.63, 3.8) is 0 Å². The normalized spacial score (nSPS) is 16.4. The maximum atomic E-state index is 12.3. The van der Waals surface area contributed by atoms with Crippen molar-refractivity contribution in [2.24, 2.45) is 5.92 Å². The largest absolute Gasteiger partial charge is 0.342 e. The number of urea groups is 1. The summed E-state index contributed by atoms with van der Waals surface area (Å²) in [6, 6.07) is 0.180. The molecule has 0 bridgehead atoms. The molecule has 0 aromatic heterocycles. The Balaban J connectivity index is 2.40. The van der Waals surface area contributed by atoms with Crippen LogP contribution in [0.3, 0.4) is 0 Å². The molecule has 0 saturated carbocycles. The third-order valence-corrected chi connectivity index (χ3v) is 4.29. The van der Waals surface area contributed by atoms with Crippen molar-refractivity contribution in [3.05, 3.63) is 0 Å². The van der Waals surface area contributed by atoms with Crippen molar-refractivity contribution in [2.75, 3.05) is 26.7 Å². The lowest BCUT2D eigenvalue weighted by Crippen LogP contribution is -2.50. The average Bonchev–Trinajstić information content (AvgIpc) is 2.48. The van der Waals surface area contributed by atoms with Crippen LogP contribution >= 0.6 is 0 Å². The van der Waals surface area contributed by atoms with Gasteiger partial charge in [-0.15, -0.1) is 0 Å². The summed E-state index contributed by atoms with van der Waals surface area (Å²) in [6.07, 6.45) is 3.53. The van der Waals surface area contributed by atoms with E-state index < -0.39 is 0 Å². The maximum Gasteiger partial charge on any atom is 0.317 e. The van der Waals surface area contributed by atoms with Gasteiger partial charge in [-0.05, 0) is 32.6 Å². The van der Waals surface area contributed by atoms with Gasteiger partial charge >= 0.3 is 6.03 Å². The van der Waals surface area contributed by atoms with Crippen LogP contribution in [0.1, 0.15) is 46.5 Å². The molecule has 0 atom stereocenters. The topological polar surface area (TPSA) is 52.7 Å². The Labute approximate surface area is 122 Å². The van der Waals surface area contributed by atoms with E-state index in [-0.39, 0.29) is 23.9 Å². The predicted molar refractivity (Wildman–Crippen MR) is 80.5 cm³/mol. The quantitative estimate of drug-likeness (QED) is 0.840. The molecule has 5 heteroatoms. The van der Waals surface area contributed by atoms with Gasteiger partial charge in [0.15, 0.2) is 0 Å². The summed E-state index contributed by atoms with van der Waals surface area (Å²) in [5.74, 6) is 0.442. The first-order valence-corrected chi connectivity index (χ1v) is 7.83. The van der Waals surface area contributed by atoms with Gasteiger partial charge in [-0.1, -0.05) is 13.8 Å². The number of nitrogens with zero attached hydrogens (tertiary/aromatic N) is 2. The minimum Gasteiger partial charge on any atom is -0.342 e. The van der Waals surface area contributed by atoms with Gasteiger partial charge in [-0.2, -0.15) is 0 Å². The molecule has 116 valence electrons. The van der Waals surface area contributed by atoms with Crippen LogP contribution in [-0.2, 0) is 4.79 Å². The minimum atomic E-state index is -0.0164. The Morgan fingerprint density at radius 1 is 1.20 bits per heavy atom. The van der Waals surface area contributed by atoms with Crippen LogP contribution in [0.4, 0.5) is 4.79 Å². The van der Waals surface area contributed by atoms with Gasteiger partial charge in [0.25, 0.3) is 0 Å². The van der Waals surface area contributed by atoms with Crippen LogP contribution < -0.4 is 5.32 Å². The summed E-state index contributed by atoms with van der Waals surface area (Å²) in [4.78, 5) is 27.7. The van der Waals surface area contributed by atoms with E-state index in [0.29, 0.717) is 6.54 Å². The number of amides is 3. The maximum absolute atomic E-state index is 12.3. The van der Waals surface area contributed by atoms with Gasteiger partial charge in [0.05, 0.1) is 0 Å². The molecule has 0 radical (unpaired) electrons. The van der Waals surface area contributed by atoms with Gasteiger partial charge in [0, 0.05) is 38.6 Å². The zero-order chi connectivity index (χ0) is 15.1. The highest BCUT2D eigenvalue weighted by atomic mass is 16.2. The van der Waals surface area contributed by atoms with Gasteiger partial charge in [0.2, 0.25) is 5.91 Å². The number of hydrogen-bond acceptors (Lipinski definition) is 2. The first-order chi connectivity index (χ1) is 9.53. The summed E-state index contributed by atoms with van der Waals surface area (Å²) in [7, 11) is 1.79. The zero-order valence-electron chi connectivity index (χ0n) is 13.3. The lowest BCUT2D eigenvalue weighted by atomic mass is 9.98. The Hall–Kier alpha value is -1.26. The smallest absolute Gasteiger partial charge is 0.317 e. The van der Waals surface area contributed by atoms with E-state index >= 15 is 0 Å². The molecule has 5 nitrogen and oxygen atoms in total. The summed E-state index contributed by atoms with van der Waals surface area (Å²) in [5, 5.41) is 3.04. The zero-order valence-corrected chi connectivity index (χ0v) is 13.3. The van der Waals surface area contributed by atoms with Crippen LogP contribution in [0.25, 0.3) is 0 Å². The molecule has 0 aliphatic carbocycles. The first kappa shape index (κ1) is 16.8. The third kappa shape index (κ3) is 4.39. The fourth-order valence-corrected chi connectivity index (χ4v) is 2.57. The van der Waals surface area contributed by atoms with E-state index in [2.05, 4.69) is 19.2 Å². The molecule has 0 unspecified atom stereocenters. The van der Waals surface area contributed by atoms with Gasteiger partial charge in [-0.25, -0.2) is 4.79 Å². The van der Waals surface area contributed by atoms with E-state index in [0.717, 1.165) is 38.8 Å². The number of carbonyl (C=O) groups is 2. The molecule has 0 aromatic carbocycles. The Kier molecular flexibility index (Phi) is 6.82. The van der Waals surface area contributed by atoms with Crippen LogP contribution in [0.5, 0.6) is 0 Å². The molecule has 1 fully saturated rings. The Bertz CT molecular complexity index is 321. The highest BCUT2D eigenvalue weighted by Crippen LogP contribution is 2.17. The second-order valence-corrected chi connectivity index (χ2v) is 5.58. The number of likely N-dealkylation sites (tertiary alicyclic amines) is 1. The molecule has 0 aromatic rings. The molecule has 1 heterocycles. The van der Waals surface area contributed by atoms with Crippen molar-refractivity contribution in [1.82, 2.24) is 15.1 Å². The number of hydrogen-bond donors (Lipinski definition) is 1. The average molecular weight is 283 g/mol. The minimum absolute atomic E-state index is 0.0164. The van der Waals surface area contributed by atoms with Crippen molar-refractivity contribution >= 4 is 11.9 Å². The van der Waals surface area contributed by atoms with Crippen molar-refractivity contribution < 1.29 is 9.59 Å². The van der Waals surface area contributed by atoms with Crippen LogP contribution in [-0.4, -0.2) is 54.5 Å². The lowest BCUT2D eigenvalue weighted by molar-refractivity contribution is -0.136. The summed E-state index contributed by atoms with van der Waals surface area (Å²) in [6.45, 7) is 8.32. The highest BCUT2D eigenvalue weighted by Gasteiger charge is 2.27. The van der Waals surface area contributed by atoms with E-state index in [1.54, 1.807) is 11.9 Å². The summed E-state index contributed by atoms with van der Waals surface area (Å²) in [5.41, 5.74) is 0. The summed E-state index contributed by atoms with van der Waals surface area (Å²) < 4.78 is 0. The molecule has 0 spiro atoms. The first-order valence-electron chi connectivity index (χ1n) is 7.83. The van der Waals surface area contributed by atoms with E-state index in [9.17, 15) is 9.59 Å². The van der Waals surface area contributed by atoms with Crippen molar-refractivity contribution in [1.29, 1.82) is 0 Å². The van der Waals surface area contributed by atoms with E-state index in [1.807, 2.05) is 11.8 Å². The number of rotatable bonds is 5. The van der Waals surface area contributed by atoms with Crippen LogP contribution in [0.15, 0.2) is 0 Å². The molecule has 1 rings (SSSR count). The molecule has 1 N–H and O–H groups in total. The third-order valence-electron chi connectivity index (χ3n) is 4.29. The molecule has 20 heavy (non-hydrogen) atoms. The second kappa shape index (κ2) is 8.12. The molecular weight excluding hydrogens is 254 g/mol. The van der Waals surface area contributed by atoms with Crippen molar-refractivity contribution in [3.8, 4) is 0 Å². The standard InChI is InChI=1S/C15H29N3O2/c1-5-12(6-2)14(19)18-10-8-13(9-11-18)16-15(20)17(4)7-3/h12-13H,5-11H2,1-4H3,(H,16,20). The Morgan fingerprint density at radius 2 is 1.75 bits per heavy atom. The fourth-order valence-electron chi connectivity index (χ4n) is 2.57. The number of carbonyl (C=O) groups excluding carboxylic acids is 2. The van der Waals surface area contributed by atoms with Gasteiger partial charge in [-0.3, -0.25) is 4.79 Å². The lowest BCUT2D eigenvalue weighted by Gasteiger charge is -2.34. The molecule has 3 amide bonds. The molecule has 1 aliphatic heterocycles. The molecule has 1 saturated heterocycles. The molecular formula is C15H29N3O2. The van der Waals surface area contributed by atoms with Gasteiger partial charge in [0.1, 0.15) is 0 Å². The number of nitrogens with one attached hydrogen (secondary N) is 1. The summed E-state index contributed by atoms with van der Waals surface area (Å²) >= 11 is 0. The highest BCUT2D eigenvalue weighted by molar-refractivity contribution is 5.79. The van der Waals surface area contributed by atoms with E-state index in [1.165, 1.54) is 0 Å². The van der Waals surface area contributed by atoms with Crippen LogP contribution in [0.2, 0.25) is 0 Å².